The lowest BCUT2D eigenvalue weighted by atomic mass is 9.89. The van der Waals surface area contributed by atoms with E-state index in [1.807, 2.05) is 6.92 Å². The summed E-state index contributed by atoms with van der Waals surface area (Å²) in [6.45, 7) is 13.0. The SMILES string of the molecule is C=C(C=C(C)N(C(=C)C=CC)C1=CC=C(C2=CC=C(n3c4ccccc4c4ccccc43)CC2)CC1)C1C=CC=CC1. The van der Waals surface area contributed by atoms with E-state index in [9.17, 15) is 0 Å². The fourth-order valence-electron chi connectivity index (χ4n) is 6.59. The Labute approximate surface area is 250 Å². The van der Waals surface area contributed by atoms with Crippen molar-refractivity contribution < 1.29 is 0 Å². The maximum atomic E-state index is 4.41. The number of fused-ring (bicyclic) bond motifs is 3. The van der Waals surface area contributed by atoms with E-state index in [4.69, 9.17) is 0 Å². The highest BCUT2D eigenvalue weighted by atomic mass is 15.2. The highest BCUT2D eigenvalue weighted by Gasteiger charge is 2.21. The molecular weight excluding hydrogens is 508 g/mol. The number of para-hydroxylation sites is 2. The number of rotatable bonds is 8. The van der Waals surface area contributed by atoms with Gasteiger partial charge in [0.2, 0.25) is 0 Å². The molecule has 6 rings (SSSR count). The molecular formula is C40H40N2. The molecule has 0 amide bonds. The Morgan fingerprint density at radius 2 is 1.50 bits per heavy atom. The molecule has 2 nitrogen and oxygen atoms in total. The lowest BCUT2D eigenvalue weighted by Gasteiger charge is -2.31. The minimum Gasteiger partial charge on any atom is -0.319 e. The zero-order chi connectivity index (χ0) is 29.1. The maximum Gasteiger partial charge on any atom is 0.0537 e. The van der Waals surface area contributed by atoms with Crippen LogP contribution in [0.5, 0.6) is 0 Å². The summed E-state index contributed by atoms with van der Waals surface area (Å²) >= 11 is 0. The van der Waals surface area contributed by atoms with Gasteiger partial charge in [-0.1, -0.05) is 92.1 Å². The Kier molecular flexibility index (Phi) is 7.97. The summed E-state index contributed by atoms with van der Waals surface area (Å²) in [6, 6.07) is 17.5. The van der Waals surface area contributed by atoms with Crippen LogP contribution in [0, 0.1) is 5.92 Å². The van der Waals surface area contributed by atoms with Gasteiger partial charge in [-0.2, -0.15) is 0 Å². The third kappa shape index (κ3) is 5.37. The van der Waals surface area contributed by atoms with Crippen LogP contribution in [0.2, 0.25) is 0 Å². The fraction of sp³-hybridized carbons (Fsp3) is 0.200. The van der Waals surface area contributed by atoms with Crippen LogP contribution in [0.15, 0.2) is 162 Å². The van der Waals surface area contributed by atoms with Crippen LogP contribution in [0.3, 0.4) is 0 Å². The highest BCUT2D eigenvalue weighted by molar-refractivity contribution is 6.10. The van der Waals surface area contributed by atoms with Gasteiger partial charge in [-0.05, 0) is 99.1 Å². The monoisotopic (exact) mass is 548 g/mol. The van der Waals surface area contributed by atoms with E-state index in [2.05, 4.69) is 145 Å². The van der Waals surface area contributed by atoms with Crippen molar-refractivity contribution >= 4 is 27.5 Å². The normalized spacial score (nSPS) is 19.1. The third-order valence-corrected chi connectivity index (χ3v) is 8.67. The number of hydrogen-bond donors (Lipinski definition) is 0. The summed E-state index contributed by atoms with van der Waals surface area (Å²) in [5, 5.41) is 2.64. The molecule has 0 aliphatic heterocycles. The van der Waals surface area contributed by atoms with Crippen LogP contribution < -0.4 is 0 Å². The van der Waals surface area contributed by atoms with Gasteiger partial charge in [-0.25, -0.2) is 0 Å². The summed E-state index contributed by atoms with van der Waals surface area (Å²) in [5.74, 6) is 0.354. The largest absolute Gasteiger partial charge is 0.319 e. The van der Waals surface area contributed by atoms with E-state index in [0.29, 0.717) is 5.92 Å². The minimum absolute atomic E-state index is 0.354. The maximum absolute atomic E-state index is 4.41. The van der Waals surface area contributed by atoms with Crippen LogP contribution >= 0.6 is 0 Å². The molecule has 0 N–H and O–H groups in total. The first-order valence-electron chi connectivity index (χ1n) is 15.2. The average Bonchev–Trinajstić information content (AvgIpc) is 3.37. The predicted octanol–water partition coefficient (Wildman–Crippen LogP) is 10.9. The Bertz CT molecular complexity index is 1750. The van der Waals surface area contributed by atoms with Gasteiger partial charge in [0.25, 0.3) is 0 Å². The minimum atomic E-state index is 0.354. The first-order valence-corrected chi connectivity index (χ1v) is 15.2. The van der Waals surface area contributed by atoms with Crippen LogP contribution in [-0.2, 0) is 0 Å². The number of allylic oxidation sites excluding steroid dienone is 17. The van der Waals surface area contributed by atoms with Gasteiger partial charge in [-0.3, -0.25) is 0 Å². The Morgan fingerprint density at radius 3 is 2.07 bits per heavy atom. The molecule has 1 heterocycles. The zero-order valence-corrected chi connectivity index (χ0v) is 24.9. The number of hydrogen-bond acceptors (Lipinski definition) is 1. The van der Waals surface area contributed by atoms with Crippen LogP contribution in [0.1, 0.15) is 46.0 Å². The molecule has 2 aromatic carbocycles. The van der Waals surface area contributed by atoms with Gasteiger partial charge < -0.3 is 9.47 Å². The molecule has 2 heteroatoms. The van der Waals surface area contributed by atoms with E-state index in [-0.39, 0.29) is 0 Å². The number of aromatic nitrogens is 1. The highest BCUT2D eigenvalue weighted by Crippen LogP contribution is 2.38. The van der Waals surface area contributed by atoms with E-state index in [0.717, 1.165) is 49.1 Å². The zero-order valence-electron chi connectivity index (χ0n) is 24.9. The molecule has 210 valence electrons. The number of nitrogens with zero attached hydrogens (tertiary/aromatic N) is 2. The van der Waals surface area contributed by atoms with Crippen molar-refractivity contribution in [1.29, 1.82) is 0 Å². The number of benzene rings is 2. The van der Waals surface area contributed by atoms with Crippen LogP contribution in [0.4, 0.5) is 0 Å². The van der Waals surface area contributed by atoms with E-state index in [1.165, 1.54) is 44.3 Å². The Balaban J connectivity index is 1.27. The lowest BCUT2D eigenvalue weighted by molar-refractivity contribution is 0.512. The second-order valence-electron chi connectivity index (χ2n) is 11.4. The molecule has 0 fully saturated rings. The molecule has 3 aliphatic carbocycles. The summed E-state index contributed by atoms with van der Waals surface area (Å²) in [5.41, 5.74) is 11.4. The summed E-state index contributed by atoms with van der Waals surface area (Å²) in [6.07, 6.45) is 29.5. The summed E-state index contributed by atoms with van der Waals surface area (Å²) in [4.78, 5) is 2.30. The van der Waals surface area contributed by atoms with Gasteiger partial charge in [0.1, 0.15) is 0 Å². The molecule has 0 radical (unpaired) electrons. The Hall–Kier alpha value is -4.56. The molecule has 1 aromatic heterocycles. The quantitative estimate of drug-likeness (QED) is 0.254. The fourth-order valence-corrected chi connectivity index (χ4v) is 6.59. The van der Waals surface area contributed by atoms with Gasteiger partial charge >= 0.3 is 0 Å². The van der Waals surface area contributed by atoms with Crippen molar-refractivity contribution in [2.24, 2.45) is 5.92 Å². The summed E-state index contributed by atoms with van der Waals surface area (Å²) < 4.78 is 2.46. The molecule has 3 aromatic rings. The second kappa shape index (κ2) is 12.1. The third-order valence-electron chi connectivity index (χ3n) is 8.67. The van der Waals surface area contributed by atoms with Gasteiger partial charge in [-0.15, -0.1) is 0 Å². The lowest BCUT2D eigenvalue weighted by Crippen LogP contribution is -2.21. The van der Waals surface area contributed by atoms with Crippen molar-refractivity contribution in [3.63, 3.8) is 0 Å². The van der Waals surface area contributed by atoms with Crippen LogP contribution in [-0.4, -0.2) is 9.47 Å². The average molecular weight is 549 g/mol. The van der Waals surface area contributed by atoms with Gasteiger partial charge in [0, 0.05) is 39.5 Å². The van der Waals surface area contributed by atoms with Crippen LogP contribution in [0.25, 0.3) is 27.5 Å². The molecule has 42 heavy (non-hydrogen) atoms. The van der Waals surface area contributed by atoms with E-state index < -0.39 is 0 Å². The first kappa shape index (κ1) is 27.6. The smallest absolute Gasteiger partial charge is 0.0537 e. The van der Waals surface area contributed by atoms with Crippen molar-refractivity contribution in [2.45, 2.75) is 46.0 Å². The first-order chi connectivity index (χ1) is 20.5. The van der Waals surface area contributed by atoms with Gasteiger partial charge in [0.15, 0.2) is 0 Å². The molecule has 0 saturated carbocycles. The van der Waals surface area contributed by atoms with E-state index >= 15 is 0 Å². The molecule has 0 saturated heterocycles. The van der Waals surface area contributed by atoms with Crippen molar-refractivity contribution in [2.75, 3.05) is 0 Å². The van der Waals surface area contributed by atoms with Crippen molar-refractivity contribution in [3.8, 4) is 0 Å². The van der Waals surface area contributed by atoms with Crippen molar-refractivity contribution in [3.05, 3.63) is 162 Å². The molecule has 0 bridgehead atoms. The van der Waals surface area contributed by atoms with E-state index in [1.54, 1.807) is 0 Å². The second-order valence-corrected chi connectivity index (χ2v) is 11.4. The Morgan fingerprint density at radius 1 is 0.833 bits per heavy atom. The van der Waals surface area contributed by atoms with Crippen molar-refractivity contribution in [1.82, 2.24) is 9.47 Å². The molecule has 1 unspecified atom stereocenters. The summed E-state index contributed by atoms with van der Waals surface area (Å²) in [7, 11) is 0. The molecule has 1 atom stereocenters. The standard InChI is InChI=1S/C40H40N2/c1-5-13-30(3)41(31(4)28-29(2)32-14-7-6-8-15-32)35-24-20-33(21-25-35)34-22-26-36(27-23-34)42-39-18-11-9-16-37(39)38-17-10-12-19-40(38)42/h5-14,16-20,22,24,26,28,32H,2-3,15,21,23,25,27H2,1,4H3. The topological polar surface area (TPSA) is 8.17 Å². The molecule has 3 aliphatic rings. The molecule has 0 spiro atoms. The van der Waals surface area contributed by atoms with Gasteiger partial charge in [0.05, 0.1) is 11.0 Å². The predicted molar refractivity (Wildman–Crippen MR) is 182 cm³/mol.